The molecule has 0 aromatic heterocycles. The van der Waals surface area contributed by atoms with Crippen LogP contribution in [0.2, 0.25) is 0 Å². The number of hydrogen-bond donors (Lipinski definition) is 1. The molecule has 17 heavy (non-hydrogen) atoms. The Labute approximate surface area is 103 Å². The first kappa shape index (κ1) is 13.8. The van der Waals surface area contributed by atoms with Gasteiger partial charge in [-0.1, -0.05) is 13.3 Å². The number of rotatable bonds is 6. The first-order chi connectivity index (χ1) is 8.01. The number of aromatic hydroxyl groups is 1. The monoisotopic (exact) mass is 257 g/mol. The van der Waals surface area contributed by atoms with E-state index in [0.29, 0.717) is 18.7 Å². The molecular weight excluding hydrogens is 238 g/mol. The standard InChI is InChI=1S/C12H19NO3S/c1-3-5-10-17(15,16)13(4-2)11-6-8-12(14)9-7-11/h6-9,14H,3-5,10H2,1-2H3. The smallest absolute Gasteiger partial charge is 0.235 e. The van der Waals surface area contributed by atoms with E-state index in [0.717, 1.165) is 6.42 Å². The van der Waals surface area contributed by atoms with Crippen LogP contribution in [-0.2, 0) is 10.0 Å². The molecule has 0 unspecified atom stereocenters. The van der Waals surface area contributed by atoms with Gasteiger partial charge in [0, 0.05) is 6.54 Å². The van der Waals surface area contributed by atoms with Gasteiger partial charge in [-0.05, 0) is 37.6 Å². The van der Waals surface area contributed by atoms with Gasteiger partial charge in [-0.15, -0.1) is 0 Å². The molecule has 96 valence electrons. The lowest BCUT2D eigenvalue weighted by Crippen LogP contribution is -2.32. The Morgan fingerprint density at radius 2 is 1.76 bits per heavy atom. The van der Waals surface area contributed by atoms with E-state index in [-0.39, 0.29) is 11.5 Å². The molecule has 0 amide bonds. The summed E-state index contributed by atoms with van der Waals surface area (Å²) < 4.78 is 25.5. The number of sulfonamides is 1. The van der Waals surface area contributed by atoms with Gasteiger partial charge in [-0.25, -0.2) is 8.42 Å². The van der Waals surface area contributed by atoms with E-state index in [2.05, 4.69) is 0 Å². The van der Waals surface area contributed by atoms with Crippen molar-refractivity contribution in [3.63, 3.8) is 0 Å². The molecule has 1 rings (SSSR count). The third-order valence-electron chi connectivity index (χ3n) is 2.52. The van der Waals surface area contributed by atoms with Crippen molar-refractivity contribution >= 4 is 15.7 Å². The van der Waals surface area contributed by atoms with Crippen LogP contribution in [0.1, 0.15) is 26.7 Å². The van der Waals surface area contributed by atoms with Gasteiger partial charge in [0.2, 0.25) is 10.0 Å². The van der Waals surface area contributed by atoms with E-state index in [1.165, 1.54) is 16.4 Å². The predicted octanol–water partition coefficient (Wildman–Crippen LogP) is 2.35. The number of anilines is 1. The Morgan fingerprint density at radius 3 is 2.24 bits per heavy atom. The molecule has 0 heterocycles. The number of phenols is 1. The van der Waals surface area contributed by atoms with Crippen molar-refractivity contribution in [1.82, 2.24) is 0 Å². The van der Waals surface area contributed by atoms with Crippen molar-refractivity contribution in [1.29, 1.82) is 0 Å². The number of unbranched alkanes of at least 4 members (excludes halogenated alkanes) is 1. The van der Waals surface area contributed by atoms with Crippen molar-refractivity contribution < 1.29 is 13.5 Å². The number of phenolic OH excluding ortho intramolecular Hbond substituents is 1. The zero-order chi connectivity index (χ0) is 12.9. The van der Waals surface area contributed by atoms with Crippen molar-refractivity contribution in [2.75, 3.05) is 16.6 Å². The normalized spacial score (nSPS) is 11.4. The van der Waals surface area contributed by atoms with E-state index >= 15 is 0 Å². The minimum Gasteiger partial charge on any atom is -0.508 e. The Kier molecular flexibility index (Phi) is 4.81. The maximum absolute atomic E-state index is 12.1. The minimum absolute atomic E-state index is 0.135. The zero-order valence-corrected chi connectivity index (χ0v) is 11.1. The van der Waals surface area contributed by atoms with Crippen LogP contribution in [0, 0.1) is 0 Å². The highest BCUT2D eigenvalue weighted by Crippen LogP contribution is 2.21. The lowest BCUT2D eigenvalue weighted by molar-refractivity contribution is 0.475. The summed E-state index contributed by atoms with van der Waals surface area (Å²) in [6, 6.07) is 6.21. The predicted molar refractivity (Wildman–Crippen MR) is 69.8 cm³/mol. The fraction of sp³-hybridized carbons (Fsp3) is 0.500. The lowest BCUT2D eigenvalue weighted by Gasteiger charge is -2.22. The molecule has 0 atom stereocenters. The Morgan fingerprint density at radius 1 is 1.18 bits per heavy atom. The SMILES string of the molecule is CCCCS(=O)(=O)N(CC)c1ccc(O)cc1. The molecule has 0 spiro atoms. The summed E-state index contributed by atoms with van der Waals surface area (Å²) in [6.45, 7) is 4.17. The van der Waals surface area contributed by atoms with Crippen LogP contribution in [0.25, 0.3) is 0 Å². The minimum atomic E-state index is -3.25. The summed E-state index contributed by atoms with van der Waals surface area (Å²) in [4.78, 5) is 0. The molecule has 0 fully saturated rings. The average molecular weight is 257 g/mol. The van der Waals surface area contributed by atoms with Gasteiger partial charge in [-0.3, -0.25) is 4.31 Å². The van der Waals surface area contributed by atoms with Crippen LogP contribution >= 0.6 is 0 Å². The van der Waals surface area contributed by atoms with E-state index in [4.69, 9.17) is 0 Å². The lowest BCUT2D eigenvalue weighted by atomic mass is 10.3. The molecule has 0 radical (unpaired) electrons. The first-order valence-electron chi connectivity index (χ1n) is 5.80. The van der Waals surface area contributed by atoms with Gasteiger partial charge in [0.05, 0.1) is 11.4 Å². The molecule has 1 N–H and O–H groups in total. The van der Waals surface area contributed by atoms with E-state index in [9.17, 15) is 13.5 Å². The summed E-state index contributed by atoms with van der Waals surface area (Å²) in [5, 5.41) is 9.19. The summed E-state index contributed by atoms with van der Waals surface area (Å²) in [5.74, 6) is 0.300. The second-order valence-electron chi connectivity index (χ2n) is 3.85. The summed E-state index contributed by atoms with van der Waals surface area (Å²) >= 11 is 0. The van der Waals surface area contributed by atoms with Gasteiger partial charge in [-0.2, -0.15) is 0 Å². The van der Waals surface area contributed by atoms with E-state index < -0.39 is 10.0 Å². The zero-order valence-electron chi connectivity index (χ0n) is 10.3. The van der Waals surface area contributed by atoms with Crippen molar-refractivity contribution in [3.05, 3.63) is 24.3 Å². The van der Waals surface area contributed by atoms with Crippen molar-refractivity contribution in [2.24, 2.45) is 0 Å². The quantitative estimate of drug-likeness (QED) is 0.851. The molecule has 0 aliphatic carbocycles. The molecular formula is C12H19NO3S. The maximum Gasteiger partial charge on any atom is 0.235 e. The van der Waals surface area contributed by atoms with Gasteiger partial charge < -0.3 is 5.11 Å². The summed E-state index contributed by atoms with van der Waals surface area (Å²) in [5.41, 5.74) is 0.599. The van der Waals surface area contributed by atoms with Gasteiger partial charge in [0.1, 0.15) is 5.75 Å². The Balaban J connectivity index is 2.95. The number of benzene rings is 1. The number of nitrogens with zero attached hydrogens (tertiary/aromatic N) is 1. The molecule has 0 bridgehead atoms. The van der Waals surface area contributed by atoms with Crippen molar-refractivity contribution in [3.8, 4) is 5.75 Å². The van der Waals surface area contributed by atoms with E-state index in [1.807, 2.05) is 6.92 Å². The molecule has 0 saturated carbocycles. The molecule has 5 heteroatoms. The van der Waals surface area contributed by atoms with Crippen LogP contribution in [0.3, 0.4) is 0 Å². The summed E-state index contributed by atoms with van der Waals surface area (Å²) in [7, 11) is -3.25. The second-order valence-corrected chi connectivity index (χ2v) is 5.86. The highest BCUT2D eigenvalue weighted by atomic mass is 32.2. The average Bonchev–Trinajstić information content (AvgIpc) is 2.30. The second kappa shape index (κ2) is 5.91. The van der Waals surface area contributed by atoms with Crippen LogP contribution in [0.4, 0.5) is 5.69 Å². The highest BCUT2D eigenvalue weighted by Gasteiger charge is 2.19. The van der Waals surface area contributed by atoms with Crippen LogP contribution in [0.5, 0.6) is 5.75 Å². The van der Waals surface area contributed by atoms with Gasteiger partial charge in [0.15, 0.2) is 0 Å². The third kappa shape index (κ3) is 3.63. The van der Waals surface area contributed by atoms with Crippen molar-refractivity contribution in [2.45, 2.75) is 26.7 Å². The van der Waals surface area contributed by atoms with Gasteiger partial charge in [0.25, 0.3) is 0 Å². The number of hydrogen-bond acceptors (Lipinski definition) is 3. The Hall–Kier alpha value is -1.23. The van der Waals surface area contributed by atoms with Crippen LogP contribution < -0.4 is 4.31 Å². The molecule has 0 aliphatic rings. The molecule has 1 aromatic carbocycles. The van der Waals surface area contributed by atoms with Crippen LogP contribution in [0.15, 0.2) is 24.3 Å². The van der Waals surface area contributed by atoms with Gasteiger partial charge >= 0.3 is 0 Å². The highest BCUT2D eigenvalue weighted by molar-refractivity contribution is 7.92. The van der Waals surface area contributed by atoms with Crippen LogP contribution in [-0.4, -0.2) is 25.8 Å². The molecule has 4 nitrogen and oxygen atoms in total. The molecule has 0 aliphatic heterocycles. The fourth-order valence-corrected chi connectivity index (χ4v) is 3.31. The fourth-order valence-electron chi connectivity index (χ4n) is 1.60. The first-order valence-corrected chi connectivity index (χ1v) is 7.41. The van der Waals surface area contributed by atoms with E-state index in [1.54, 1.807) is 19.1 Å². The Bertz CT molecular complexity index is 439. The maximum atomic E-state index is 12.1. The topological polar surface area (TPSA) is 57.6 Å². The largest absolute Gasteiger partial charge is 0.508 e. The molecule has 0 saturated heterocycles. The third-order valence-corrected chi connectivity index (χ3v) is 4.46. The molecule has 1 aromatic rings. The summed E-state index contributed by atoms with van der Waals surface area (Å²) in [6.07, 6.45) is 1.52.